The van der Waals surface area contributed by atoms with E-state index >= 15 is 0 Å². The highest BCUT2D eigenvalue weighted by Crippen LogP contribution is 2.36. The van der Waals surface area contributed by atoms with Gasteiger partial charge in [0.1, 0.15) is 4.90 Å². The Bertz CT molecular complexity index is 654. The molecule has 0 amide bonds. The van der Waals surface area contributed by atoms with E-state index in [1.54, 1.807) is 0 Å². The summed E-state index contributed by atoms with van der Waals surface area (Å²) in [6.07, 6.45) is 2.67. The van der Waals surface area contributed by atoms with Gasteiger partial charge in [-0.3, -0.25) is 0 Å². The first-order valence-electron chi connectivity index (χ1n) is 6.72. The molecule has 2 N–H and O–H groups in total. The van der Waals surface area contributed by atoms with Crippen LogP contribution < -0.4 is 5.73 Å². The standard InChI is InChI=1S/C13H17BrClFN2O2S/c1-2-8-4-3-5-18(7-8)21(19,20)10-6-9(15)11(14)13(17)12(10)16/h6,8H,2-5,7,17H2,1H3. The van der Waals surface area contributed by atoms with Crippen molar-refractivity contribution in [1.82, 2.24) is 4.31 Å². The summed E-state index contributed by atoms with van der Waals surface area (Å²) in [5, 5.41) is 0.0801. The molecule has 118 valence electrons. The van der Waals surface area contributed by atoms with E-state index in [-0.39, 0.29) is 15.2 Å². The molecule has 1 atom stereocenters. The highest BCUT2D eigenvalue weighted by molar-refractivity contribution is 9.10. The average molecular weight is 400 g/mol. The van der Waals surface area contributed by atoms with Crippen molar-refractivity contribution in [3.8, 4) is 0 Å². The monoisotopic (exact) mass is 398 g/mol. The van der Waals surface area contributed by atoms with E-state index in [0.717, 1.165) is 25.3 Å². The van der Waals surface area contributed by atoms with E-state index in [2.05, 4.69) is 15.9 Å². The number of anilines is 1. The number of hydrogen-bond acceptors (Lipinski definition) is 3. The zero-order chi connectivity index (χ0) is 15.8. The van der Waals surface area contributed by atoms with Crippen molar-refractivity contribution in [3.63, 3.8) is 0 Å². The zero-order valence-electron chi connectivity index (χ0n) is 11.6. The van der Waals surface area contributed by atoms with E-state index in [9.17, 15) is 12.8 Å². The predicted molar refractivity (Wildman–Crippen MR) is 85.3 cm³/mol. The maximum Gasteiger partial charge on any atom is 0.246 e. The Hall–Kier alpha value is -0.370. The molecule has 0 saturated carbocycles. The fraction of sp³-hybridized carbons (Fsp3) is 0.538. The minimum Gasteiger partial charge on any atom is -0.395 e. The van der Waals surface area contributed by atoms with Gasteiger partial charge in [-0.25, -0.2) is 12.8 Å². The first-order chi connectivity index (χ1) is 9.78. The molecule has 1 aliphatic rings. The second kappa shape index (κ2) is 6.40. The molecule has 1 saturated heterocycles. The predicted octanol–water partition coefficient (Wildman–Crippen LogP) is 3.63. The van der Waals surface area contributed by atoms with Crippen LogP contribution >= 0.6 is 27.5 Å². The molecule has 8 heteroatoms. The summed E-state index contributed by atoms with van der Waals surface area (Å²) in [5.41, 5.74) is 5.29. The van der Waals surface area contributed by atoms with Crippen molar-refractivity contribution in [2.75, 3.05) is 18.8 Å². The van der Waals surface area contributed by atoms with Crippen molar-refractivity contribution in [2.24, 2.45) is 5.92 Å². The van der Waals surface area contributed by atoms with Crippen LogP contribution in [-0.2, 0) is 10.0 Å². The van der Waals surface area contributed by atoms with Gasteiger partial charge in [-0.15, -0.1) is 0 Å². The molecule has 1 fully saturated rings. The second-order valence-corrected chi connectivity index (χ2v) is 8.28. The van der Waals surface area contributed by atoms with Crippen molar-refractivity contribution >= 4 is 43.2 Å². The summed E-state index contributed by atoms with van der Waals surface area (Å²) in [4.78, 5) is -0.454. The van der Waals surface area contributed by atoms with Crippen molar-refractivity contribution in [2.45, 2.75) is 31.1 Å². The van der Waals surface area contributed by atoms with Gasteiger partial charge in [-0.2, -0.15) is 4.31 Å². The van der Waals surface area contributed by atoms with Crippen LogP contribution in [0.3, 0.4) is 0 Å². The molecule has 1 aromatic rings. The van der Waals surface area contributed by atoms with Crippen LogP contribution in [0.1, 0.15) is 26.2 Å². The minimum atomic E-state index is -3.92. The third kappa shape index (κ3) is 3.21. The zero-order valence-corrected chi connectivity index (χ0v) is 14.7. The van der Waals surface area contributed by atoms with Crippen LogP contribution in [0.2, 0.25) is 5.02 Å². The number of rotatable bonds is 3. The summed E-state index contributed by atoms with van der Waals surface area (Å²) < 4.78 is 41.0. The Labute approximate surface area is 137 Å². The third-order valence-electron chi connectivity index (χ3n) is 3.83. The quantitative estimate of drug-likeness (QED) is 0.623. The summed E-state index contributed by atoms with van der Waals surface area (Å²) in [5.74, 6) is -0.648. The van der Waals surface area contributed by atoms with E-state index in [0.29, 0.717) is 19.0 Å². The summed E-state index contributed by atoms with van der Waals surface area (Å²) >= 11 is 8.96. The lowest BCUT2D eigenvalue weighted by molar-refractivity contribution is 0.261. The van der Waals surface area contributed by atoms with Gasteiger partial charge in [0.05, 0.1) is 15.2 Å². The number of sulfonamides is 1. The van der Waals surface area contributed by atoms with Gasteiger partial charge in [0.15, 0.2) is 5.82 Å². The van der Waals surface area contributed by atoms with Gasteiger partial charge in [-0.05, 0) is 40.8 Å². The van der Waals surface area contributed by atoms with E-state index in [4.69, 9.17) is 17.3 Å². The highest BCUT2D eigenvalue weighted by Gasteiger charge is 2.33. The fourth-order valence-corrected chi connectivity index (χ4v) is 4.73. The molecule has 4 nitrogen and oxygen atoms in total. The molecule has 0 aromatic heterocycles. The first-order valence-corrected chi connectivity index (χ1v) is 9.33. The molecule has 1 aromatic carbocycles. The Morgan fingerprint density at radius 1 is 1.57 bits per heavy atom. The van der Waals surface area contributed by atoms with Gasteiger partial charge >= 0.3 is 0 Å². The van der Waals surface area contributed by atoms with Gasteiger partial charge in [-0.1, -0.05) is 24.9 Å². The normalized spacial score (nSPS) is 20.7. The second-order valence-electron chi connectivity index (χ2n) is 5.18. The Morgan fingerprint density at radius 2 is 2.24 bits per heavy atom. The Balaban J connectivity index is 2.45. The number of hydrogen-bond donors (Lipinski definition) is 1. The van der Waals surface area contributed by atoms with Crippen molar-refractivity contribution in [1.29, 1.82) is 0 Å². The molecule has 21 heavy (non-hydrogen) atoms. The van der Waals surface area contributed by atoms with Crippen LogP contribution in [0.25, 0.3) is 0 Å². The molecular weight excluding hydrogens is 383 g/mol. The van der Waals surface area contributed by atoms with Gasteiger partial charge in [0, 0.05) is 13.1 Å². The van der Waals surface area contributed by atoms with Crippen molar-refractivity contribution in [3.05, 3.63) is 21.4 Å². The van der Waals surface area contributed by atoms with Crippen LogP contribution in [0, 0.1) is 11.7 Å². The summed E-state index contributed by atoms with van der Waals surface area (Å²) in [6, 6.07) is 1.11. The lowest BCUT2D eigenvalue weighted by Gasteiger charge is -2.31. The lowest BCUT2D eigenvalue weighted by Crippen LogP contribution is -2.40. The molecule has 0 radical (unpaired) electrons. The Kier molecular flexibility index (Phi) is 5.18. The smallest absolute Gasteiger partial charge is 0.246 e. The summed E-state index contributed by atoms with van der Waals surface area (Å²) in [6.45, 7) is 2.83. The molecule has 1 unspecified atom stereocenters. The maximum atomic E-state index is 14.3. The molecule has 0 bridgehead atoms. The third-order valence-corrected chi connectivity index (χ3v) is 7.08. The topological polar surface area (TPSA) is 63.4 Å². The molecule has 0 spiro atoms. The Morgan fingerprint density at radius 3 is 2.86 bits per heavy atom. The molecule has 0 aliphatic carbocycles. The van der Waals surface area contributed by atoms with E-state index in [1.165, 1.54) is 4.31 Å². The van der Waals surface area contributed by atoms with E-state index < -0.39 is 20.7 Å². The minimum absolute atomic E-state index is 0.0801. The number of nitrogen functional groups attached to an aromatic ring is 1. The largest absolute Gasteiger partial charge is 0.395 e. The number of benzene rings is 1. The molecular formula is C13H17BrClFN2O2S. The lowest BCUT2D eigenvalue weighted by atomic mass is 9.97. The number of nitrogens with zero attached hydrogens (tertiary/aromatic N) is 1. The van der Waals surface area contributed by atoms with Gasteiger partial charge in [0.25, 0.3) is 0 Å². The number of nitrogens with two attached hydrogens (primary N) is 1. The molecule has 1 heterocycles. The fourth-order valence-electron chi connectivity index (χ4n) is 2.50. The SMILES string of the molecule is CCC1CCCN(S(=O)(=O)c2cc(Cl)c(Br)c(N)c2F)C1. The van der Waals surface area contributed by atoms with Gasteiger partial charge in [0.2, 0.25) is 10.0 Å². The summed E-state index contributed by atoms with van der Waals surface area (Å²) in [7, 11) is -3.92. The molecule has 1 aliphatic heterocycles. The number of piperidine rings is 1. The van der Waals surface area contributed by atoms with Crippen LogP contribution in [0.15, 0.2) is 15.4 Å². The first kappa shape index (κ1) is 17.0. The van der Waals surface area contributed by atoms with Crippen molar-refractivity contribution < 1.29 is 12.8 Å². The van der Waals surface area contributed by atoms with Crippen LogP contribution in [-0.4, -0.2) is 25.8 Å². The number of halogens is 3. The van der Waals surface area contributed by atoms with Crippen LogP contribution in [0.4, 0.5) is 10.1 Å². The average Bonchev–Trinajstić information content (AvgIpc) is 2.48. The van der Waals surface area contributed by atoms with Gasteiger partial charge < -0.3 is 5.73 Å². The molecule has 2 rings (SSSR count). The maximum absolute atomic E-state index is 14.3. The van der Waals surface area contributed by atoms with Crippen LogP contribution in [0.5, 0.6) is 0 Å². The highest BCUT2D eigenvalue weighted by atomic mass is 79.9. The van der Waals surface area contributed by atoms with E-state index in [1.807, 2.05) is 6.92 Å².